The third-order valence-corrected chi connectivity index (χ3v) is 5.91. The molecule has 0 fully saturated rings. The fraction of sp³-hybridized carbons (Fsp3) is 0.308. The standard InChI is InChI=1S/C26H32N4O3/c1-3-30(4-2)17-7-8-19-11-16-22(24-10-6-5-9-23(19)24)18-27-28-25(31)20-12-14-21(15-13-20)26(32)29-33/h5-6,9-16,27,33H,3-4,7-8,17-18H2,1-2H3,(H,28,31)(H,29,32). The quantitative estimate of drug-likeness (QED) is 0.265. The van der Waals surface area contributed by atoms with E-state index in [2.05, 4.69) is 59.9 Å². The summed E-state index contributed by atoms with van der Waals surface area (Å²) < 4.78 is 0. The molecule has 3 aromatic rings. The zero-order valence-corrected chi connectivity index (χ0v) is 19.2. The number of hydrazine groups is 1. The maximum Gasteiger partial charge on any atom is 0.274 e. The van der Waals surface area contributed by atoms with Gasteiger partial charge in [0.15, 0.2) is 0 Å². The van der Waals surface area contributed by atoms with Gasteiger partial charge < -0.3 is 4.90 Å². The highest BCUT2D eigenvalue weighted by Gasteiger charge is 2.10. The van der Waals surface area contributed by atoms with Gasteiger partial charge in [0.2, 0.25) is 0 Å². The van der Waals surface area contributed by atoms with Crippen LogP contribution in [0.1, 0.15) is 52.1 Å². The van der Waals surface area contributed by atoms with E-state index in [1.54, 1.807) is 5.48 Å². The first-order chi connectivity index (χ1) is 16.1. The lowest BCUT2D eigenvalue weighted by atomic mass is 9.97. The molecule has 174 valence electrons. The molecule has 3 rings (SSSR count). The van der Waals surface area contributed by atoms with Crippen molar-refractivity contribution in [1.29, 1.82) is 0 Å². The number of fused-ring (bicyclic) bond motifs is 1. The third kappa shape index (κ3) is 6.38. The summed E-state index contributed by atoms with van der Waals surface area (Å²) in [7, 11) is 0. The van der Waals surface area contributed by atoms with Crippen LogP contribution in [0.3, 0.4) is 0 Å². The molecule has 0 bridgehead atoms. The Kier molecular flexibility index (Phi) is 8.95. The zero-order chi connectivity index (χ0) is 23.6. The van der Waals surface area contributed by atoms with Crippen molar-refractivity contribution in [2.24, 2.45) is 0 Å². The van der Waals surface area contributed by atoms with E-state index in [-0.39, 0.29) is 11.5 Å². The van der Waals surface area contributed by atoms with Gasteiger partial charge in [0.1, 0.15) is 0 Å². The van der Waals surface area contributed by atoms with Gasteiger partial charge in [-0.15, -0.1) is 0 Å². The van der Waals surface area contributed by atoms with Crippen molar-refractivity contribution in [3.8, 4) is 0 Å². The summed E-state index contributed by atoms with van der Waals surface area (Å²) in [6.07, 6.45) is 2.16. The van der Waals surface area contributed by atoms with Crippen LogP contribution in [0.5, 0.6) is 0 Å². The minimum atomic E-state index is -0.622. The van der Waals surface area contributed by atoms with E-state index in [4.69, 9.17) is 5.21 Å². The zero-order valence-electron chi connectivity index (χ0n) is 19.2. The number of nitrogens with zero attached hydrogens (tertiary/aromatic N) is 1. The molecule has 0 heterocycles. The minimum Gasteiger partial charge on any atom is -0.304 e. The molecule has 0 aliphatic heterocycles. The van der Waals surface area contributed by atoms with Crippen LogP contribution in [-0.4, -0.2) is 41.6 Å². The lowest BCUT2D eigenvalue weighted by Crippen LogP contribution is -2.36. The average Bonchev–Trinajstić information content (AvgIpc) is 2.87. The molecule has 0 spiro atoms. The van der Waals surface area contributed by atoms with Crippen LogP contribution in [-0.2, 0) is 13.0 Å². The van der Waals surface area contributed by atoms with Crippen molar-refractivity contribution < 1.29 is 14.8 Å². The fourth-order valence-electron chi connectivity index (χ4n) is 3.96. The van der Waals surface area contributed by atoms with Crippen LogP contribution < -0.4 is 16.3 Å². The van der Waals surface area contributed by atoms with Crippen LogP contribution in [0, 0.1) is 0 Å². The number of aryl methyl sites for hydroxylation is 1. The highest BCUT2D eigenvalue weighted by Crippen LogP contribution is 2.24. The Labute approximate surface area is 194 Å². The van der Waals surface area contributed by atoms with E-state index in [1.807, 2.05) is 6.07 Å². The Morgan fingerprint density at radius 2 is 1.39 bits per heavy atom. The molecule has 0 atom stereocenters. The summed E-state index contributed by atoms with van der Waals surface area (Å²) >= 11 is 0. The number of benzene rings is 3. The summed E-state index contributed by atoms with van der Waals surface area (Å²) in [6.45, 7) is 8.14. The van der Waals surface area contributed by atoms with E-state index in [0.717, 1.165) is 38.0 Å². The lowest BCUT2D eigenvalue weighted by Gasteiger charge is -2.18. The van der Waals surface area contributed by atoms with Gasteiger partial charge in [-0.05, 0) is 78.6 Å². The molecule has 4 N–H and O–H groups in total. The molecule has 7 heteroatoms. The van der Waals surface area contributed by atoms with Crippen molar-refractivity contribution in [2.45, 2.75) is 33.2 Å². The summed E-state index contributed by atoms with van der Waals surface area (Å²) in [4.78, 5) is 26.2. The molecule has 0 saturated carbocycles. The third-order valence-electron chi connectivity index (χ3n) is 5.91. The molecular weight excluding hydrogens is 416 g/mol. The van der Waals surface area contributed by atoms with Gasteiger partial charge in [-0.2, -0.15) is 0 Å². The SMILES string of the molecule is CCN(CC)CCCc1ccc(CNNC(=O)c2ccc(C(=O)NO)cc2)c2ccccc12. The molecule has 33 heavy (non-hydrogen) atoms. The first-order valence-corrected chi connectivity index (χ1v) is 11.4. The molecular formula is C26H32N4O3. The summed E-state index contributed by atoms with van der Waals surface area (Å²) in [6, 6.07) is 18.7. The van der Waals surface area contributed by atoms with Crippen molar-refractivity contribution in [2.75, 3.05) is 19.6 Å². The number of hydrogen-bond donors (Lipinski definition) is 4. The van der Waals surface area contributed by atoms with Crippen molar-refractivity contribution in [3.63, 3.8) is 0 Å². The number of carbonyl (C=O) groups is 2. The van der Waals surface area contributed by atoms with E-state index in [0.29, 0.717) is 12.1 Å². The van der Waals surface area contributed by atoms with E-state index >= 15 is 0 Å². The molecule has 0 aliphatic rings. The molecule has 2 amide bonds. The first-order valence-electron chi connectivity index (χ1n) is 11.4. The van der Waals surface area contributed by atoms with E-state index < -0.39 is 5.91 Å². The largest absolute Gasteiger partial charge is 0.304 e. The number of rotatable bonds is 11. The van der Waals surface area contributed by atoms with Gasteiger partial charge in [0.25, 0.3) is 11.8 Å². The second-order valence-electron chi connectivity index (χ2n) is 7.89. The van der Waals surface area contributed by atoms with Crippen LogP contribution in [0.25, 0.3) is 10.8 Å². The maximum atomic E-state index is 12.4. The average molecular weight is 449 g/mol. The second-order valence-corrected chi connectivity index (χ2v) is 7.89. The van der Waals surface area contributed by atoms with Gasteiger partial charge in [0, 0.05) is 17.7 Å². The molecule has 0 saturated heterocycles. The number of hydrogen-bond acceptors (Lipinski definition) is 5. The monoisotopic (exact) mass is 448 g/mol. The number of nitrogens with one attached hydrogen (secondary N) is 3. The van der Waals surface area contributed by atoms with Crippen molar-refractivity contribution >= 4 is 22.6 Å². The van der Waals surface area contributed by atoms with Crippen LogP contribution in [0.4, 0.5) is 0 Å². The summed E-state index contributed by atoms with van der Waals surface area (Å²) in [5.74, 6) is -0.924. The predicted octanol–water partition coefficient (Wildman–Crippen LogP) is 3.67. The van der Waals surface area contributed by atoms with Crippen LogP contribution in [0.15, 0.2) is 60.7 Å². The van der Waals surface area contributed by atoms with E-state index in [1.165, 1.54) is 40.6 Å². The maximum absolute atomic E-state index is 12.4. The van der Waals surface area contributed by atoms with E-state index in [9.17, 15) is 9.59 Å². The summed E-state index contributed by atoms with van der Waals surface area (Å²) in [5.41, 5.74) is 10.4. The Hall–Kier alpha value is -3.26. The normalized spacial score (nSPS) is 11.0. The highest BCUT2D eigenvalue weighted by atomic mass is 16.5. The van der Waals surface area contributed by atoms with Crippen molar-refractivity contribution in [3.05, 3.63) is 82.9 Å². The van der Waals surface area contributed by atoms with Gasteiger partial charge in [-0.3, -0.25) is 20.2 Å². The van der Waals surface area contributed by atoms with Gasteiger partial charge >= 0.3 is 0 Å². The van der Waals surface area contributed by atoms with Gasteiger partial charge in [-0.25, -0.2) is 10.9 Å². The van der Waals surface area contributed by atoms with Crippen LogP contribution >= 0.6 is 0 Å². The van der Waals surface area contributed by atoms with Gasteiger partial charge in [0.05, 0.1) is 0 Å². The second kappa shape index (κ2) is 12.1. The molecule has 7 nitrogen and oxygen atoms in total. The lowest BCUT2D eigenvalue weighted by molar-refractivity contribution is 0.0706. The Bertz CT molecular complexity index is 1080. The molecule has 0 unspecified atom stereocenters. The van der Waals surface area contributed by atoms with Gasteiger partial charge in [-0.1, -0.05) is 50.2 Å². The van der Waals surface area contributed by atoms with Crippen LogP contribution in [0.2, 0.25) is 0 Å². The number of amides is 2. The topological polar surface area (TPSA) is 93.7 Å². The predicted molar refractivity (Wildman–Crippen MR) is 130 cm³/mol. The molecule has 0 aromatic heterocycles. The first kappa shape index (κ1) is 24.4. The Morgan fingerprint density at radius 1 is 0.818 bits per heavy atom. The smallest absolute Gasteiger partial charge is 0.274 e. The minimum absolute atomic E-state index is 0.269. The Morgan fingerprint density at radius 3 is 2.00 bits per heavy atom. The Balaban J connectivity index is 1.61. The number of carbonyl (C=O) groups excluding carboxylic acids is 2. The molecule has 0 aliphatic carbocycles. The fourth-order valence-corrected chi connectivity index (χ4v) is 3.96. The summed E-state index contributed by atoms with van der Waals surface area (Å²) in [5, 5.41) is 11.1. The molecule has 0 radical (unpaired) electrons. The van der Waals surface area contributed by atoms with Crippen molar-refractivity contribution in [1.82, 2.24) is 21.2 Å². The number of hydroxylamine groups is 1. The highest BCUT2D eigenvalue weighted by molar-refractivity contribution is 5.97. The molecule has 3 aromatic carbocycles.